The van der Waals surface area contributed by atoms with Gasteiger partial charge < -0.3 is 10.6 Å². The third-order valence-corrected chi connectivity index (χ3v) is 2.86. The van der Waals surface area contributed by atoms with E-state index in [0.717, 1.165) is 31.5 Å². The Kier molecular flexibility index (Phi) is 5.96. The molecule has 1 aliphatic carbocycles. The fourth-order valence-corrected chi connectivity index (χ4v) is 1.87. The molecular formula is C13H26N2. The molecular weight excluding hydrogens is 184 g/mol. The highest BCUT2D eigenvalue weighted by Crippen LogP contribution is 2.16. The van der Waals surface area contributed by atoms with Crippen LogP contribution in [0.3, 0.4) is 0 Å². The summed E-state index contributed by atoms with van der Waals surface area (Å²) in [4.78, 5) is 0. The molecule has 0 aliphatic heterocycles. The van der Waals surface area contributed by atoms with Gasteiger partial charge in [-0.15, -0.1) is 0 Å². The van der Waals surface area contributed by atoms with Crippen molar-refractivity contribution in [2.75, 3.05) is 19.6 Å². The van der Waals surface area contributed by atoms with Gasteiger partial charge in [-0.3, -0.25) is 0 Å². The molecule has 2 N–H and O–H groups in total. The van der Waals surface area contributed by atoms with Gasteiger partial charge in [-0.25, -0.2) is 0 Å². The molecule has 0 heterocycles. The maximum atomic E-state index is 3.60. The number of allylic oxidation sites excluding steroid dienone is 2. The summed E-state index contributed by atoms with van der Waals surface area (Å²) in [5, 5.41) is 7.08. The third-order valence-electron chi connectivity index (χ3n) is 2.86. The topological polar surface area (TPSA) is 24.1 Å². The molecule has 0 radical (unpaired) electrons. The van der Waals surface area contributed by atoms with Crippen molar-refractivity contribution in [2.24, 2.45) is 11.8 Å². The Balaban J connectivity index is 1.95. The zero-order valence-electron chi connectivity index (χ0n) is 10.4. The van der Waals surface area contributed by atoms with Gasteiger partial charge in [0.1, 0.15) is 0 Å². The van der Waals surface area contributed by atoms with Gasteiger partial charge in [0.2, 0.25) is 0 Å². The Hall–Kier alpha value is -0.340. The van der Waals surface area contributed by atoms with E-state index in [1.807, 2.05) is 0 Å². The molecule has 15 heavy (non-hydrogen) atoms. The molecule has 1 rings (SSSR count). The van der Waals surface area contributed by atoms with Crippen molar-refractivity contribution in [1.29, 1.82) is 0 Å². The third kappa shape index (κ3) is 5.95. The van der Waals surface area contributed by atoms with Gasteiger partial charge in [0.25, 0.3) is 0 Å². The molecule has 0 saturated heterocycles. The van der Waals surface area contributed by atoms with Crippen LogP contribution in [-0.4, -0.2) is 25.7 Å². The second-order valence-electron chi connectivity index (χ2n) is 5.17. The van der Waals surface area contributed by atoms with E-state index in [9.17, 15) is 0 Å². The zero-order valence-corrected chi connectivity index (χ0v) is 10.4. The Bertz CT molecular complexity index is 179. The van der Waals surface area contributed by atoms with E-state index in [4.69, 9.17) is 0 Å². The number of hydrogen-bond acceptors (Lipinski definition) is 2. The summed E-state index contributed by atoms with van der Waals surface area (Å²) in [6.45, 7) is 10.1. The van der Waals surface area contributed by atoms with Gasteiger partial charge >= 0.3 is 0 Å². The smallest absolute Gasteiger partial charge is 0.0164 e. The fourth-order valence-electron chi connectivity index (χ4n) is 1.87. The minimum Gasteiger partial charge on any atom is -0.315 e. The molecule has 1 aliphatic rings. The van der Waals surface area contributed by atoms with Crippen molar-refractivity contribution in [3.63, 3.8) is 0 Å². The van der Waals surface area contributed by atoms with Crippen LogP contribution in [0.15, 0.2) is 12.2 Å². The second kappa shape index (κ2) is 7.02. The van der Waals surface area contributed by atoms with E-state index in [1.54, 1.807) is 0 Å². The first-order valence-corrected chi connectivity index (χ1v) is 6.27. The molecule has 2 nitrogen and oxygen atoms in total. The SMILES string of the molecule is CC(C)CNCC(C)NCC1CC=CC1. The summed E-state index contributed by atoms with van der Waals surface area (Å²) in [5.41, 5.74) is 0. The lowest BCUT2D eigenvalue weighted by molar-refractivity contribution is 0.427. The number of rotatable bonds is 7. The van der Waals surface area contributed by atoms with Gasteiger partial charge in [-0.1, -0.05) is 26.0 Å². The summed E-state index contributed by atoms with van der Waals surface area (Å²) in [6.07, 6.45) is 7.13. The average Bonchev–Trinajstić information content (AvgIpc) is 2.66. The summed E-state index contributed by atoms with van der Waals surface area (Å²) >= 11 is 0. The fraction of sp³-hybridized carbons (Fsp3) is 0.846. The zero-order chi connectivity index (χ0) is 11.1. The van der Waals surface area contributed by atoms with Crippen LogP contribution in [0.25, 0.3) is 0 Å². The molecule has 0 aromatic rings. The van der Waals surface area contributed by atoms with Crippen LogP contribution in [0.2, 0.25) is 0 Å². The molecule has 2 heteroatoms. The van der Waals surface area contributed by atoms with Crippen molar-refractivity contribution in [2.45, 2.75) is 39.7 Å². The highest BCUT2D eigenvalue weighted by Gasteiger charge is 2.10. The minimum absolute atomic E-state index is 0.587. The largest absolute Gasteiger partial charge is 0.315 e. The number of hydrogen-bond donors (Lipinski definition) is 2. The van der Waals surface area contributed by atoms with E-state index in [2.05, 4.69) is 43.6 Å². The molecule has 0 aromatic carbocycles. The Morgan fingerprint density at radius 2 is 1.80 bits per heavy atom. The standard InChI is InChI=1S/C13H26N2/c1-11(2)8-14-9-12(3)15-10-13-6-4-5-7-13/h4-5,11-15H,6-10H2,1-3H3. The van der Waals surface area contributed by atoms with Crippen molar-refractivity contribution < 1.29 is 0 Å². The van der Waals surface area contributed by atoms with Crippen LogP contribution in [-0.2, 0) is 0 Å². The maximum absolute atomic E-state index is 3.60. The van der Waals surface area contributed by atoms with Crippen LogP contribution in [0.4, 0.5) is 0 Å². The van der Waals surface area contributed by atoms with E-state index in [0.29, 0.717) is 6.04 Å². The minimum atomic E-state index is 0.587. The van der Waals surface area contributed by atoms with Gasteiger partial charge in [0, 0.05) is 12.6 Å². The highest BCUT2D eigenvalue weighted by molar-refractivity contribution is 4.94. The van der Waals surface area contributed by atoms with Crippen molar-refractivity contribution in [3.05, 3.63) is 12.2 Å². The van der Waals surface area contributed by atoms with Gasteiger partial charge in [-0.05, 0) is 44.7 Å². The first-order valence-electron chi connectivity index (χ1n) is 6.27. The van der Waals surface area contributed by atoms with Gasteiger partial charge in [0.05, 0.1) is 0 Å². The van der Waals surface area contributed by atoms with Gasteiger partial charge in [-0.2, -0.15) is 0 Å². The quantitative estimate of drug-likeness (QED) is 0.629. The van der Waals surface area contributed by atoms with Crippen LogP contribution in [0.5, 0.6) is 0 Å². The van der Waals surface area contributed by atoms with E-state index >= 15 is 0 Å². The lowest BCUT2D eigenvalue weighted by Crippen LogP contribution is -2.39. The molecule has 88 valence electrons. The van der Waals surface area contributed by atoms with Crippen molar-refractivity contribution >= 4 is 0 Å². The average molecular weight is 210 g/mol. The molecule has 0 aromatic heterocycles. The normalized spacial score (nSPS) is 18.9. The van der Waals surface area contributed by atoms with E-state index < -0.39 is 0 Å². The molecule has 0 spiro atoms. The van der Waals surface area contributed by atoms with Gasteiger partial charge in [0.15, 0.2) is 0 Å². The lowest BCUT2D eigenvalue weighted by atomic mass is 10.1. The summed E-state index contributed by atoms with van der Waals surface area (Å²) in [5.74, 6) is 1.59. The maximum Gasteiger partial charge on any atom is 0.0164 e. The van der Waals surface area contributed by atoms with E-state index in [-0.39, 0.29) is 0 Å². The predicted octanol–water partition coefficient (Wildman–Crippen LogP) is 2.18. The Morgan fingerprint density at radius 3 is 2.40 bits per heavy atom. The Labute approximate surface area is 94.5 Å². The molecule has 1 atom stereocenters. The van der Waals surface area contributed by atoms with E-state index in [1.165, 1.54) is 12.8 Å². The van der Waals surface area contributed by atoms with Crippen LogP contribution in [0.1, 0.15) is 33.6 Å². The van der Waals surface area contributed by atoms with Crippen LogP contribution >= 0.6 is 0 Å². The predicted molar refractivity (Wildman–Crippen MR) is 67.0 cm³/mol. The second-order valence-corrected chi connectivity index (χ2v) is 5.17. The Morgan fingerprint density at radius 1 is 1.13 bits per heavy atom. The highest BCUT2D eigenvalue weighted by atomic mass is 15.0. The first kappa shape index (κ1) is 12.7. The molecule has 0 saturated carbocycles. The summed E-state index contributed by atoms with van der Waals surface area (Å²) in [6, 6.07) is 0.587. The van der Waals surface area contributed by atoms with Crippen molar-refractivity contribution in [1.82, 2.24) is 10.6 Å². The van der Waals surface area contributed by atoms with Crippen LogP contribution < -0.4 is 10.6 Å². The summed E-state index contributed by atoms with van der Waals surface area (Å²) in [7, 11) is 0. The number of nitrogens with one attached hydrogen (secondary N) is 2. The van der Waals surface area contributed by atoms with Crippen molar-refractivity contribution in [3.8, 4) is 0 Å². The van der Waals surface area contributed by atoms with Crippen LogP contribution in [0, 0.1) is 11.8 Å². The molecule has 0 amide bonds. The monoisotopic (exact) mass is 210 g/mol. The summed E-state index contributed by atoms with van der Waals surface area (Å²) < 4.78 is 0. The molecule has 0 fully saturated rings. The molecule has 0 bridgehead atoms. The lowest BCUT2D eigenvalue weighted by Gasteiger charge is -2.18. The molecule has 1 unspecified atom stereocenters. The first-order chi connectivity index (χ1) is 7.18.